The maximum atomic E-state index is 13.4. The topological polar surface area (TPSA) is 82.1 Å². The number of fused-ring (bicyclic) bond motifs is 1. The number of methoxy groups -OCH3 is 2. The van der Waals surface area contributed by atoms with Gasteiger partial charge in [0, 0.05) is 6.54 Å². The predicted molar refractivity (Wildman–Crippen MR) is 100 cm³/mol. The van der Waals surface area contributed by atoms with E-state index in [1.54, 1.807) is 24.3 Å². The summed E-state index contributed by atoms with van der Waals surface area (Å²) in [6.07, 6.45) is 1.31. The number of para-hydroxylation sites is 1. The quantitative estimate of drug-likeness (QED) is 0.746. The first-order chi connectivity index (χ1) is 13.0. The summed E-state index contributed by atoms with van der Waals surface area (Å²) in [6.45, 7) is 0.687. The summed E-state index contributed by atoms with van der Waals surface area (Å²) < 4.78 is 43.6. The Morgan fingerprint density at radius 1 is 1.07 bits per heavy atom. The van der Waals surface area contributed by atoms with Crippen LogP contribution in [-0.4, -0.2) is 41.8 Å². The number of sulfonamides is 1. The standard InChI is InChI=1S/C19H21NO6S/c1-24-14-8-10-15(11-9-14)27(22,23)20-12-3-4-13-26-17-7-5-6-16(18(17)20)19(21)25-2/h5-11H,3-4,12-13H2,1-2H3. The zero-order valence-corrected chi connectivity index (χ0v) is 16.0. The highest BCUT2D eigenvalue weighted by molar-refractivity contribution is 7.92. The molecular formula is C19H21NO6S. The number of hydrogen-bond acceptors (Lipinski definition) is 6. The molecule has 0 saturated carbocycles. The normalized spacial score (nSPS) is 14.4. The van der Waals surface area contributed by atoms with E-state index in [2.05, 4.69) is 0 Å². The number of benzene rings is 2. The van der Waals surface area contributed by atoms with Gasteiger partial charge in [0.05, 0.1) is 31.3 Å². The van der Waals surface area contributed by atoms with Crippen molar-refractivity contribution < 1.29 is 27.4 Å². The Kier molecular flexibility index (Phi) is 5.55. The highest BCUT2D eigenvalue weighted by atomic mass is 32.2. The van der Waals surface area contributed by atoms with Crippen LogP contribution in [0.3, 0.4) is 0 Å². The van der Waals surface area contributed by atoms with E-state index in [4.69, 9.17) is 14.2 Å². The van der Waals surface area contributed by atoms with Crippen LogP contribution in [-0.2, 0) is 14.8 Å². The van der Waals surface area contributed by atoms with Crippen LogP contribution in [0.15, 0.2) is 47.4 Å². The molecular weight excluding hydrogens is 370 g/mol. The van der Waals surface area contributed by atoms with Gasteiger partial charge in [-0.15, -0.1) is 0 Å². The van der Waals surface area contributed by atoms with E-state index in [9.17, 15) is 13.2 Å². The van der Waals surface area contributed by atoms with E-state index in [1.807, 2.05) is 0 Å². The number of carbonyl (C=O) groups is 1. The van der Waals surface area contributed by atoms with Crippen molar-refractivity contribution in [2.45, 2.75) is 17.7 Å². The molecule has 1 aliphatic rings. The second-order valence-electron chi connectivity index (χ2n) is 5.95. The van der Waals surface area contributed by atoms with Crippen LogP contribution in [0.1, 0.15) is 23.2 Å². The van der Waals surface area contributed by atoms with Gasteiger partial charge in [-0.3, -0.25) is 4.31 Å². The molecule has 1 heterocycles. The SMILES string of the molecule is COC(=O)c1cccc2c1N(S(=O)(=O)c1ccc(OC)cc1)CCCCO2. The summed E-state index contributed by atoms with van der Waals surface area (Å²) in [5.41, 5.74) is 0.355. The fraction of sp³-hybridized carbons (Fsp3) is 0.316. The summed E-state index contributed by atoms with van der Waals surface area (Å²) in [5.74, 6) is 0.279. The van der Waals surface area contributed by atoms with Crippen molar-refractivity contribution >= 4 is 21.7 Å². The number of nitrogens with zero attached hydrogens (tertiary/aromatic N) is 1. The molecule has 0 N–H and O–H groups in total. The second kappa shape index (κ2) is 7.87. The predicted octanol–water partition coefficient (Wildman–Crippen LogP) is 2.85. The van der Waals surface area contributed by atoms with E-state index >= 15 is 0 Å². The lowest BCUT2D eigenvalue weighted by molar-refractivity contribution is 0.0601. The Balaban J connectivity index is 2.16. The Morgan fingerprint density at radius 3 is 2.48 bits per heavy atom. The minimum Gasteiger partial charge on any atom is -0.497 e. The lowest BCUT2D eigenvalue weighted by atomic mass is 10.1. The van der Waals surface area contributed by atoms with Crippen LogP contribution in [0.2, 0.25) is 0 Å². The first kappa shape index (κ1) is 19.0. The molecule has 3 rings (SSSR count). The fourth-order valence-electron chi connectivity index (χ4n) is 2.94. The molecule has 27 heavy (non-hydrogen) atoms. The van der Waals surface area contributed by atoms with Gasteiger partial charge in [0.1, 0.15) is 17.2 Å². The monoisotopic (exact) mass is 391 g/mol. The molecule has 0 bridgehead atoms. The number of ether oxygens (including phenoxy) is 3. The van der Waals surface area contributed by atoms with Crippen molar-refractivity contribution in [1.82, 2.24) is 0 Å². The van der Waals surface area contributed by atoms with Crippen LogP contribution in [0.25, 0.3) is 0 Å². The molecule has 1 aliphatic heterocycles. The Morgan fingerprint density at radius 2 is 1.81 bits per heavy atom. The van der Waals surface area contributed by atoms with Gasteiger partial charge in [-0.1, -0.05) is 6.07 Å². The van der Waals surface area contributed by atoms with Crippen molar-refractivity contribution in [1.29, 1.82) is 0 Å². The average Bonchev–Trinajstić information content (AvgIpc) is 2.67. The number of carbonyl (C=O) groups excluding carboxylic acids is 1. The van der Waals surface area contributed by atoms with Gasteiger partial charge in [-0.25, -0.2) is 13.2 Å². The molecule has 144 valence electrons. The number of hydrogen-bond donors (Lipinski definition) is 0. The number of rotatable bonds is 4. The van der Waals surface area contributed by atoms with Crippen molar-refractivity contribution in [3.63, 3.8) is 0 Å². The summed E-state index contributed by atoms with van der Waals surface area (Å²) in [4.78, 5) is 12.4. The summed E-state index contributed by atoms with van der Waals surface area (Å²) in [7, 11) is -1.14. The summed E-state index contributed by atoms with van der Waals surface area (Å²) in [6, 6.07) is 11.0. The molecule has 0 atom stereocenters. The first-order valence-corrected chi connectivity index (χ1v) is 9.94. The first-order valence-electron chi connectivity index (χ1n) is 8.50. The lowest BCUT2D eigenvalue weighted by Gasteiger charge is -2.29. The van der Waals surface area contributed by atoms with Crippen LogP contribution in [0.4, 0.5) is 5.69 Å². The third kappa shape index (κ3) is 3.71. The highest BCUT2D eigenvalue weighted by Gasteiger charge is 2.32. The number of esters is 1. The molecule has 2 aromatic rings. The summed E-state index contributed by atoms with van der Waals surface area (Å²) in [5, 5.41) is 0. The molecule has 8 heteroatoms. The van der Waals surface area contributed by atoms with Gasteiger partial charge >= 0.3 is 5.97 Å². The summed E-state index contributed by atoms with van der Waals surface area (Å²) >= 11 is 0. The zero-order chi connectivity index (χ0) is 19.4. The maximum Gasteiger partial charge on any atom is 0.340 e. The Hall–Kier alpha value is -2.74. The van der Waals surface area contributed by atoms with Gasteiger partial charge in [0.15, 0.2) is 0 Å². The Labute approximate surface area is 158 Å². The molecule has 0 amide bonds. The van der Waals surface area contributed by atoms with Gasteiger partial charge < -0.3 is 14.2 Å². The molecule has 0 radical (unpaired) electrons. The third-order valence-electron chi connectivity index (χ3n) is 4.31. The minimum absolute atomic E-state index is 0.106. The van der Waals surface area contributed by atoms with Crippen molar-refractivity contribution in [3.8, 4) is 11.5 Å². The van der Waals surface area contributed by atoms with Crippen molar-refractivity contribution in [3.05, 3.63) is 48.0 Å². The molecule has 0 aliphatic carbocycles. The minimum atomic E-state index is -3.91. The molecule has 0 saturated heterocycles. The molecule has 0 fully saturated rings. The third-order valence-corrected chi connectivity index (χ3v) is 6.13. The molecule has 0 unspecified atom stereocenters. The zero-order valence-electron chi connectivity index (χ0n) is 15.2. The van der Waals surface area contributed by atoms with Crippen LogP contribution in [0, 0.1) is 0 Å². The van der Waals surface area contributed by atoms with E-state index in [0.717, 1.165) is 0 Å². The van der Waals surface area contributed by atoms with Crippen molar-refractivity contribution in [2.75, 3.05) is 31.7 Å². The van der Waals surface area contributed by atoms with Gasteiger partial charge in [0.2, 0.25) is 0 Å². The Bertz CT molecular complexity index is 924. The van der Waals surface area contributed by atoms with Crippen LogP contribution >= 0.6 is 0 Å². The van der Waals surface area contributed by atoms with Crippen LogP contribution in [0.5, 0.6) is 11.5 Å². The maximum absolute atomic E-state index is 13.4. The largest absolute Gasteiger partial charge is 0.497 e. The van der Waals surface area contributed by atoms with Gasteiger partial charge in [-0.2, -0.15) is 0 Å². The number of anilines is 1. The van der Waals surface area contributed by atoms with Crippen LogP contribution < -0.4 is 13.8 Å². The molecule has 0 spiro atoms. The van der Waals surface area contributed by atoms with E-state index in [-0.39, 0.29) is 22.7 Å². The molecule has 7 nitrogen and oxygen atoms in total. The smallest absolute Gasteiger partial charge is 0.340 e. The average molecular weight is 391 g/mol. The second-order valence-corrected chi connectivity index (χ2v) is 7.81. The van der Waals surface area contributed by atoms with E-state index in [1.165, 1.54) is 36.7 Å². The van der Waals surface area contributed by atoms with E-state index < -0.39 is 16.0 Å². The van der Waals surface area contributed by atoms with E-state index in [0.29, 0.717) is 30.9 Å². The van der Waals surface area contributed by atoms with Crippen molar-refractivity contribution in [2.24, 2.45) is 0 Å². The van der Waals surface area contributed by atoms with Gasteiger partial charge in [0.25, 0.3) is 10.0 Å². The molecule has 2 aromatic carbocycles. The molecule has 0 aromatic heterocycles. The van der Waals surface area contributed by atoms with Gasteiger partial charge in [-0.05, 0) is 49.2 Å². The highest BCUT2D eigenvalue weighted by Crippen LogP contribution is 2.38. The fourth-order valence-corrected chi connectivity index (χ4v) is 4.47. The lowest BCUT2D eigenvalue weighted by Crippen LogP contribution is -2.35.